The molecule has 0 radical (unpaired) electrons. The van der Waals surface area contributed by atoms with Gasteiger partial charge in [-0.05, 0) is 48.4 Å². The topological polar surface area (TPSA) is 79.4 Å². The highest BCUT2D eigenvalue weighted by atomic mass is 32.2. The van der Waals surface area contributed by atoms with Crippen LogP contribution in [-0.2, 0) is 27.2 Å². The van der Waals surface area contributed by atoms with Crippen molar-refractivity contribution < 1.29 is 14.4 Å². The predicted molar refractivity (Wildman–Crippen MR) is 185 cm³/mol. The number of carbonyl (C=O) groups is 3. The smallest absolute Gasteiger partial charge is 0.224 e. The first-order chi connectivity index (χ1) is 21.2. The van der Waals surface area contributed by atoms with Crippen molar-refractivity contribution in [2.45, 2.75) is 77.7 Å². The Kier molecular flexibility index (Phi) is 13.2. The fraction of sp³-hybridized carbons (Fsp3) is 0.500. The normalized spacial score (nSPS) is 15.3. The number of Topliss-reactive ketones (excluding diaryl/α,β-unsaturated/α-hetero) is 2. The quantitative estimate of drug-likeness (QED) is 0.161. The zero-order valence-corrected chi connectivity index (χ0v) is 28.1. The Morgan fingerprint density at radius 3 is 2.48 bits per heavy atom. The van der Waals surface area contributed by atoms with Crippen LogP contribution in [0.15, 0.2) is 60.7 Å². The van der Waals surface area contributed by atoms with Gasteiger partial charge in [-0.3, -0.25) is 19.3 Å². The number of rotatable bonds is 17. The number of hydrogen-bond donors (Lipinski definition) is 1. The Morgan fingerprint density at radius 1 is 1.02 bits per heavy atom. The van der Waals surface area contributed by atoms with E-state index in [4.69, 9.17) is 4.98 Å². The molecule has 8 heteroatoms. The second kappa shape index (κ2) is 17.0. The van der Waals surface area contributed by atoms with Crippen molar-refractivity contribution in [3.8, 4) is 0 Å². The van der Waals surface area contributed by atoms with Gasteiger partial charge in [0.15, 0.2) is 5.78 Å². The molecule has 0 saturated carbocycles. The Bertz CT molecular complexity index is 1410. The summed E-state index contributed by atoms with van der Waals surface area (Å²) in [4.78, 5) is 46.9. The molecule has 1 fully saturated rings. The number of thioether (sulfide) groups is 1. The molecule has 2 atom stereocenters. The first-order valence-electron chi connectivity index (χ1n) is 16.0. The van der Waals surface area contributed by atoms with Crippen molar-refractivity contribution in [1.29, 1.82) is 0 Å². The van der Waals surface area contributed by atoms with Crippen LogP contribution in [0.25, 0.3) is 10.2 Å². The number of carbonyl (C=O) groups excluding carboxylic acids is 3. The number of nitrogens with one attached hydrogen (secondary N) is 1. The Morgan fingerprint density at radius 2 is 1.77 bits per heavy atom. The Labute approximate surface area is 271 Å². The van der Waals surface area contributed by atoms with Crippen LogP contribution in [0.5, 0.6) is 0 Å². The van der Waals surface area contributed by atoms with Gasteiger partial charge >= 0.3 is 0 Å². The minimum atomic E-state index is -0.514. The summed E-state index contributed by atoms with van der Waals surface area (Å²) >= 11 is 3.55. The van der Waals surface area contributed by atoms with Gasteiger partial charge in [0, 0.05) is 68.4 Å². The molecular formula is C36H47N3O3S2. The minimum absolute atomic E-state index is 0.0560. The minimum Gasteiger partial charge on any atom is -0.353 e. The van der Waals surface area contributed by atoms with Crippen molar-refractivity contribution in [2.75, 3.05) is 31.1 Å². The molecule has 1 saturated heterocycles. The molecule has 1 amide bonds. The first-order valence-corrected chi connectivity index (χ1v) is 17.9. The van der Waals surface area contributed by atoms with Gasteiger partial charge < -0.3 is 5.32 Å². The molecule has 4 rings (SSSR count). The molecule has 6 nitrogen and oxygen atoms in total. The van der Waals surface area contributed by atoms with E-state index in [1.54, 1.807) is 11.3 Å². The SMILES string of the molecule is C=C(CN1CCSCC1)C(=O)CC[C@H](Cc1ccccc1)NC(=O)[C@@H](CC(=O)CCC)Cc1nc2ccc(C(C)C)cc2s1. The third-order valence-corrected chi connectivity index (χ3v) is 10.2. The van der Waals surface area contributed by atoms with Gasteiger partial charge in [-0.2, -0.15) is 11.8 Å². The van der Waals surface area contributed by atoms with Crippen molar-refractivity contribution in [3.63, 3.8) is 0 Å². The van der Waals surface area contributed by atoms with E-state index in [1.165, 1.54) is 5.56 Å². The Hall–Kier alpha value is -2.81. The number of hydrogen-bond acceptors (Lipinski definition) is 7. The summed E-state index contributed by atoms with van der Waals surface area (Å²) in [6.45, 7) is 13.0. The molecule has 1 N–H and O–H groups in total. The molecule has 1 aliphatic heterocycles. The molecule has 1 aromatic heterocycles. The van der Waals surface area contributed by atoms with Gasteiger partial charge in [-0.1, -0.05) is 63.7 Å². The van der Waals surface area contributed by atoms with Gasteiger partial charge in [0.1, 0.15) is 5.78 Å². The average Bonchev–Trinajstić information content (AvgIpc) is 3.42. The number of thiazole rings is 1. The number of ketones is 2. The van der Waals surface area contributed by atoms with Crippen LogP contribution in [0.3, 0.4) is 0 Å². The van der Waals surface area contributed by atoms with Crippen molar-refractivity contribution in [3.05, 3.63) is 76.8 Å². The number of benzene rings is 2. The van der Waals surface area contributed by atoms with Crippen molar-refractivity contribution in [1.82, 2.24) is 15.2 Å². The lowest BCUT2D eigenvalue weighted by molar-refractivity contribution is -0.130. The molecule has 2 aromatic carbocycles. The lowest BCUT2D eigenvalue weighted by atomic mass is 9.94. The van der Waals surface area contributed by atoms with Crippen LogP contribution in [0.4, 0.5) is 0 Å². The van der Waals surface area contributed by atoms with Crippen molar-refractivity contribution in [2.24, 2.45) is 5.92 Å². The van der Waals surface area contributed by atoms with E-state index in [9.17, 15) is 14.4 Å². The molecule has 236 valence electrons. The molecule has 2 heterocycles. The van der Waals surface area contributed by atoms with Crippen molar-refractivity contribution >= 4 is 50.8 Å². The number of fused-ring (bicyclic) bond motifs is 1. The third kappa shape index (κ3) is 10.4. The monoisotopic (exact) mass is 633 g/mol. The zero-order chi connectivity index (χ0) is 31.5. The van der Waals surface area contributed by atoms with E-state index in [0.717, 1.165) is 51.8 Å². The first kappa shape index (κ1) is 34.1. The fourth-order valence-electron chi connectivity index (χ4n) is 5.60. The highest BCUT2D eigenvalue weighted by Crippen LogP contribution is 2.28. The highest BCUT2D eigenvalue weighted by Gasteiger charge is 2.27. The van der Waals surface area contributed by atoms with Gasteiger partial charge in [-0.25, -0.2) is 4.98 Å². The number of aromatic nitrogens is 1. The van der Waals surface area contributed by atoms with E-state index in [-0.39, 0.29) is 29.9 Å². The maximum absolute atomic E-state index is 13.9. The summed E-state index contributed by atoms with van der Waals surface area (Å²) in [7, 11) is 0. The molecule has 0 unspecified atom stereocenters. The zero-order valence-electron chi connectivity index (χ0n) is 26.5. The average molecular weight is 634 g/mol. The second-order valence-electron chi connectivity index (χ2n) is 12.2. The molecule has 0 spiro atoms. The number of nitrogens with zero attached hydrogens (tertiary/aromatic N) is 2. The van der Waals surface area contributed by atoms with E-state index >= 15 is 0 Å². The van der Waals surface area contributed by atoms with Crippen LogP contribution in [0, 0.1) is 5.92 Å². The van der Waals surface area contributed by atoms with Crippen LogP contribution < -0.4 is 5.32 Å². The van der Waals surface area contributed by atoms with E-state index in [0.29, 0.717) is 50.1 Å². The second-order valence-corrected chi connectivity index (χ2v) is 14.6. The fourth-order valence-corrected chi connectivity index (χ4v) is 7.68. The highest BCUT2D eigenvalue weighted by molar-refractivity contribution is 7.99. The van der Waals surface area contributed by atoms with Gasteiger partial charge in [0.25, 0.3) is 0 Å². The predicted octanol–water partition coefficient (Wildman–Crippen LogP) is 7.02. The lowest BCUT2D eigenvalue weighted by Crippen LogP contribution is -2.42. The van der Waals surface area contributed by atoms with E-state index in [1.807, 2.05) is 55.1 Å². The maximum atomic E-state index is 13.9. The lowest BCUT2D eigenvalue weighted by Gasteiger charge is -2.26. The summed E-state index contributed by atoms with van der Waals surface area (Å²) < 4.78 is 1.11. The molecule has 0 bridgehead atoms. The summed E-state index contributed by atoms with van der Waals surface area (Å²) in [6.07, 6.45) is 3.28. The van der Waals surface area contributed by atoms with Crippen LogP contribution >= 0.6 is 23.1 Å². The summed E-state index contributed by atoms with van der Waals surface area (Å²) in [5.74, 6) is 2.09. The molecule has 44 heavy (non-hydrogen) atoms. The number of amides is 1. The molecule has 1 aliphatic rings. The largest absolute Gasteiger partial charge is 0.353 e. The molecule has 0 aliphatic carbocycles. The summed E-state index contributed by atoms with van der Waals surface area (Å²) in [5.41, 5.74) is 3.93. The van der Waals surface area contributed by atoms with Crippen LogP contribution in [0.2, 0.25) is 0 Å². The van der Waals surface area contributed by atoms with E-state index in [2.05, 4.69) is 42.8 Å². The molecule has 3 aromatic rings. The van der Waals surface area contributed by atoms with Crippen LogP contribution in [0.1, 0.15) is 74.9 Å². The standard InChI is InChI=1S/C36H47N3O3S2/c1-5-9-31(40)21-29(23-35-38-32-14-12-28(25(2)3)22-34(32)44-35)36(42)37-30(20-27-10-7-6-8-11-27)13-15-33(41)26(4)24-39-16-18-43-19-17-39/h6-8,10-12,14,22,25,29-30H,4-5,9,13,15-21,23-24H2,1-3H3,(H,37,42)/t29-,30+/m0/s1. The molecular weight excluding hydrogens is 587 g/mol. The summed E-state index contributed by atoms with van der Waals surface area (Å²) in [6, 6.07) is 16.1. The van der Waals surface area contributed by atoms with Crippen LogP contribution in [-0.4, -0.2) is 64.5 Å². The van der Waals surface area contributed by atoms with Gasteiger partial charge in [0.2, 0.25) is 5.91 Å². The van der Waals surface area contributed by atoms with Gasteiger partial charge in [0.05, 0.1) is 21.1 Å². The van der Waals surface area contributed by atoms with E-state index < -0.39 is 5.92 Å². The summed E-state index contributed by atoms with van der Waals surface area (Å²) in [5, 5.41) is 4.13. The Balaban J connectivity index is 1.47. The maximum Gasteiger partial charge on any atom is 0.224 e. The third-order valence-electron chi connectivity index (χ3n) is 8.22. The van der Waals surface area contributed by atoms with Gasteiger partial charge in [-0.15, -0.1) is 11.3 Å².